The Labute approximate surface area is 101 Å². The smallest absolute Gasteiger partial charge is 0.323 e. The molecule has 0 radical (unpaired) electrons. The summed E-state index contributed by atoms with van der Waals surface area (Å²) in [5.74, 6) is -1.22. The van der Waals surface area contributed by atoms with E-state index < -0.39 is 5.97 Å². The second kappa shape index (κ2) is 6.03. The lowest BCUT2D eigenvalue weighted by molar-refractivity contribution is -0.144. The monoisotopic (exact) mass is 235 g/mol. The van der Waals surface area contributed by atoms with E-state index in [-0.39, 0.29) is 12.5 Å². The summed E-state index contributed by atoms with van der Waals surface area (Å²) < 4.78 is 0. The Morgan fingerprint density at radius 1 is 1.18 bits per heavy atom. The number of hydrogen-bond donors (Lipinski definition) is 1. The second-order valence-corrected chi connectivity index (χ2v) is 3.94. The van der Waals surface area contributed by atoms with Gasteiger partial charge in [-0.3, -0.25) is 9.59 Å². The molecule has 0 aliphatic heterocycles. The van der Waals surface area contributed by atoms with Crippen molar-refractivity contribution in [2.75, 3.05) is 6.54 Å². The number of carboxylic acid groups (broad SMARTS) is 1. The van der Waals surface area contributed by atoms with Gasteiger partial charge >= 0.3 is 5.97 Å². The lowest BCUT2D eigenvalue weighted by Gasteiger charge is -2.18. The first-order chi connectivity index (χ1) is 8.02. The lowest BCUT2D eigenvalue weighted by atomic mass is 10.1. The van der Waals surface area contributed by atoms with Crippen LogP contribution in [0.5, 0.6) is 0 Å². The maximum Gasteiger partial charge on any atom is 0.323 e. The minimum Gasteiger partial charge on any atom is -0.480 e. The molecule has 1 rings (SSSR count). The number of nitrogens with zero attached hydrogens (tertiary/aromatic N) is 1. The molecule has 0 heterocycles. The van der Waals surface area contributed by atoms with Crippen molar-refractivity contribution in [3.05, 3.63) is 35.4 Å². The summed E-state index contributed by atoms with van der Waals surface area (Å²) >= 11 is 0. The number of aryl methyl sites for hydroxylation is 1. The van der Waals surface area contributed by atoms with Crippen LogP contribution in [-0.4, -0.2) is 28.4 Å². The van der Waals surface area contributed by atoms with E-state index in [4.69, 9.17) is 5.11 Å². The first-order valence-corrected chi connectivity index (χ1v) is 5.58. The third-order valence-electron chi connectivity index (χ3n) is 2.58. The van der Waals surface area contributed by atoms with Gasteiger partial charge in [-0.05, 0) is 17.5 Å². The Morgan fingerprint density at radius 3 is 2.12 bits per heavy atom. The normalized spacial score (nSPS) is 10.0. The van der Waals surface area contributed by atoms with E-state index in [1.807, 2.05) is 24.3 Å². The van der Waals surface area contributed by atoms with Gasteiger partial charge in [-0.15, -0.1) is 0 Å². The largest absolute Gasteiger partial charge is 0.480 e. The molecule has 0 atom stereocenters. The highest BCUT2D eigenvalue weighted by atomic mass is 16.4. The summed E-state index contributed by atoms with van der Waals surface area (Å²) in [7, 11) is 0. The van der Waals surface area contributed by atoms with Crippen molar-refractivity contribution < 1.29 is 14.7 Å². The molecule has 0 spiro atoms. The molecule has 1 N–H and O–H groups in total. The number of amides is 1. The molecule has 4 nitrogen and oxygen atoms in total. The van der Waals surface area contributed by atoms with E-state index in [0.717, 1.165) is 12.0 Å². The molecule has 0 fully saturated rings. The minimum absolute atomic E-state index is 0.230. The van der Waals surface area contributed by atoms with Crippen molar-refractivity contribution in [3.8, 4) is 0 Å². The van der Waals surface area contributed by atoms with Crippen molar-refractivity contribution in [2.24, 2.45) is 0 Å². The van der Waals surface area contributed by atoms with Crippen LogP contribution in [0.1, 0.15) is 25.0 Å². The number of hydrogen-bond acceptors (Lipinski definition) is 2. The van der Waals surface area contributed by atoms with Crippen LogP contribution in [-0.2, 0) is 22.6 Å². The van der Waals surface area contributed by atoms with Crippen LogP contribution < -0.4 is 0 Å². The Bertz CT molecular complexity index is 398. The fourth-order valence-corrected chi connectivity index (χ4v) is 1.54. The second-order valence-electron chi connectivity index (χ2n) is 3.94. The quantitative estimate of drug-likeness (QED) is 0.844. The van der Waals surface area contributed by atoms with Gasteiger partial charge in [0.25, 0.3) is 0 Å². The standard InChI is InChI=1S/C13H17NO3/c1-3-11-4-6-12(7-5-11)8-14(10(2)15)9-13(16)17/h4-7H,3,8-9H2,1-2H3,(H,16,17). The average Bonchev–Trinajstić information content (AvgIpc) is 2.28. The number of carboxylic acids is 1. The van der Waals surface area contributed by atoms with Gasteiger partial charge in [0.2, 0.25) is 5.91 Å². The van der Waals surface area contributed by atoms with Crippen LogP contribution in [0.4, 0.5) is 0 Å². The lowest BCUT2D eigenvalue weighted by Crippen LogP contribution is -2.33. The molecule has 0 saturated carbocycles. The fraction of sp³-hybridized carbons (Fsp3) is 0.385. The topological polar surface area (TPSA) is 57.6 Å². The average molecular weight is 235 g/mol. The van der Waals surface area contributed by atoms with Gasteiger partial charge in [0.1, 0.15) is 6.54 Å². The predicted octanol–water partition coefficient (Wildman–Crippen LogP) is 1.68. The van der Waals surface area contributed by atoms with Crippen LogP contribution in [0, 0.1) is 0 Å². The van der Waals surface area contributed by atoms with Crippen molar-refractivity contribution in [3.63, 3.8) is 0 Å². The van der Waals surface area contributed by atoms with Crippen molar-refractivity contribution in [1.82, 2.24) is 4.90 Å². The van der Waals surface area contributed by atoms with Crippen LogP contribution in [0.2, 0.25) is 0 Å². The molecular weight excluding hydrogens is 218 g/mol. The first-order valence-electron chi connectivity index (χ1n) is 5.58. The Morgan fingerprint density at radius 2 is 1.71 bits per heavy atom. The molecule has 0 aromatic heterocycles. The molecule has 92 valence electrons. The predicted molar refractivity (Wildman–Crippen MR) is 64.5 cm³/mol. The fourth-order valence-electron chi connectivity index (χ4n) is 1.54. The van der Waals surface area contributed by atoms with Crippen LogP contribution in [0.3, 0.4) is 0 Å². The molecule has 0 unspecified atom stereocenters. The molecule has 1 aromatic rings. The van der Waals surface area contributed by atoms with Gasteiger partial charge < -0.3 is 10.0 Å². The maximum atomic E-state index is 11.3. The summed E-state index contributed by atoms with van der Waals surface area (Å²) in [6.07, 6.45) is 0.964. The molecule has 0 bridgehead atoms. The third kappa shape index (κ3) is 4.26. The van der Waals surface area contributed by atoms with Gasteiger partial charge in [0, 0.05) is 13.5 Å². The van der Waals surface area contributed by atoms with Crippen molar-refractivity contribution in [1.29, 1.82) is 0 Å². The van der Waals surface area contributed by atoms with Crippen molar-refractivity contribution >= 4 is 11.9 Å². The number of aliphatic carboxylic acids is 1. The van der Waals surface area contributed by atoms with Gasteiger partial charge in [0.05, 0.1) is 0 Å². The number of rotatable bonds is 5. The van der Waals surface area contributed by atoms with Gasteiger partial charge in [-0.2, -0.15) is 0 Å². The first kappa shape index (κ1) is 13.2. The molecule has 1 aromatic carbocycles. The molecular formula is C13H17NO3. The molecule has 1 amide bonds. The molecule has 17 heavy (non-hydrogen) atoms. The number of carbonyl (C=O) groups is 2. The summed E-state index contributed by atoms with van der Waals surface area (Å²) in [6.45, 7) is 3.53. The summed E-state index contributed by atoms with van der Waals surface area (Å²) in [5.41, 5.74) is 2.17. The van der Waals surface area contributed by atoms with Crippen molar-refractivity contribution in [2.45, 2.75) is 26.8 Å². The third-order valence-corrected chi connectivity index (χ3v) is 2.58. The highest BCUT2D eigenvalue weighted by Crippen LogP contribution is 2.08. The molecule has 0 aliphatic carbocycles. The zero-order valence-electron chi connectivity index (χ0n) is 10.1. The SMILES string of the molecule is CCc1ccc(CN(CC(=O)O)C(C)=O)cc1. The molecule has 0 saturated heterocycles. The molecule has 0 aliphatic rings. The van der Waals surface area contributed by atoms with Crippen LogP contribution in [0.25, 0.3) is 0 Å². The van der Waals surface area contributed by atoms with E-state index in [2.05, 4.69) is 6.92 Å². The van der Waals surface area contributed by atoms with Crippen LogP contribution in [0.15, 0.2) is 24.3 Å². The highest BCUT2D eigenvalue weighted by Gasteiger charge is 2.12. The van der Waals surface area contributed by atoms with E-state index >= 15 is 0 Å². The van der Waals surface area contributed by atoms with E-state index in [9.17, 15) is 9.59 Å². The van der Waals surface area contributed by atoms with E-state index in [1.54, 1.807) is 0 Å². The van der Waals surface area contributed by atoms with E-state index in [0.29, 0.717) is 6.54 Å². The Balaban J connectivity index is 2.71. The van der Waals surface area contributed by atoms with Gasteiger partial charge in [-0.1, -0.05) is 31.2 Å². The zero-order chi connectivity index (χ0) is 12.8. The molecule has 4 heteroatoms. The van der Waals surface area contributed by atoms with Gasteiger partial charge in [0.15, 0.2) is 0 Å². The number of carbonyl (C=O) groups excluding carboxylic acids is 1. The summed E-state index contributed by atoms with van der Waals surface area (Å²) in [6, 6.07) is 7.84. The zero-order valence-corrected chi connectivity index (χ0v) is 10.1. The Kier molecular flexibility index (Phi) is 4.69. The van der Waals surface area contributed by atoms with E-state index in [1.165, 1.54) is 17.4 Å². The Hall–Kier alpha value is -1.84. The minimum atomic E-state index is -0.995. The highest BCUT2D eigenvalue weighted by molar-refractivity contribution is 5.79. The van der Waals surface area contributed by atoms with Gasteiger partial charge in [-0.25, -0.2) is 0 Å². The number of benzene rings is 1. The van der Waals surface area contributed by atoms with Crippen LogP contribution >= 0.6 is 0 Å². The summed E-state index contributed by atoms with van der Waals surface area (Å²) in [4.78, 5) is 23.2. The maximum absolute atomic E-state index is 11.3. The summed E-state index contributed by atoms with van der Waals surface area (Å²) in [5, 5.41) is 8.70.